The fraction of sp³-hybridized carbons (Fsp3) is 0.750. The molecule has 1 N–H and O–H groups in total. The number of carbonyl (C=O) groups excluding carboxylic acids is 3. The molecule has 5 heteroatoms. The zero-order valence-corrected chi connectivity index (χ0v) is 10.2. The SMILES string of the molecule is CNC(=O)CC1CCC2C(=O)N(C)C(=O)C2C1. The summed E-state index contributed by atoms with van der Waals surface area (Å²) in [6.07, 6.45) is 2.74. The van der Waals surface area contributed by atoms with E-state index in [0.29, 0.717) is 12.8 Å². The van der Waals surface area contributed by atoms with Crippen molar-refractivity contribution in [3.05, 3.63) is 0 Å². The van der Waals surface area contributed by atoms with E-state index in [1.807, 2.05) is 0 Å². The van der Waals surface area contributed by atoms with Gasteiger partial charge in [0.15, 0.2) is 0 Å². The fourth-order valence-electron chi connectivity index (χ4n) is 2.98. The van der Waals surface area contributed by atoms with Gasteiger partial charge >= 0.3 is 0 Å². The van der Waals surface area contributed by atoms with Crippen LogP contribution in [0.2, 0.25) is 0 Å². The van der Waals surface area contributed by atoms with E-state index in [4.69, 9.17) is 0 Å². The van der Waals surface area contributed by atoms with Gasteiger partial charge in [0.05, 0.1) is 11.8 Å². The van der Waals surface area contributed by atoms with E-state index in [1.54, 1.807) is 14.1 Å². The highest BCUT2D eigenvalue weighted by Crippen LogP contribution is 2.41. The molecule has 0 aromatic carbocycles. The number of nitrogens with zero attached hydrogens (tertiary/aromatic N) is 1. The molecule has 1 saturated carbocycles. The topological polar surface area (TPSA) is 66.5 Å². The van der Waals surface area contributed by atoms with Gasteiger partial charge < -0.3 is 5.32 Å². The van der Waals surface area contributed by atoms with Crippen LogP contribution in [0.1, 0.15) is 25.7 Å². The highest BCUT2D eigenvalue weighted by Gasteiger charge is 2.48. The van der Waals surface area contributed by atoms with Crippen molar-refractivity contribution in [1.29, 1.82) is 0 Å². The fourth-order valence-corrected chi connectivity index (χ4v) is 2.98. The van der Waals surface area contributed by atoms with Crippen molar-refractivity contribution in [3.63, 3.8) is 0 Å². The van der Waals surface area contributed by atoms with Gasteiger partial charge in [-0.3, -0.25) is 19.3 Å². The molecule has 3 unspecified atom stereocenters. The molecule has 5 nitrogen and oxygen atoms in total. The van der Waals surface area contributed by atoms with E-state index in [0.717, 1.165) is 12.8 Å². The third-order valence-corrected chi connectivity index (χ3v) is 4.01. The van der Waals surface area contributed by atoms with E-state index in [1.165, 1.54) is 4.90 Å². The van der Waals surface area contributed by atoms with Crippen molar-refractivity contribution in [2.45, 2.75) is 25.7 Å². The summed E-state index contributed by atoms with van der Waals surface area (Å²) in [6, 6.07) is 0. The molecular formula is C12H18N2O3. The Labute approximate surface area is 101 Å². The predicted molar refractivity (Wildman–Crippen MR) is 60.8 cm³/mol. The van der Waals surface area contributed by atoms with Crippen LogP contribution in [-0.2, 0) is 14.4 Å². The molecule has 1 aliphatic carbocycles. The highest BCUT2D eigenvalue weighted by atomic mass is 16.2. The second-order valence-electron chi connectivity index (χ2n) is 5.00. The minimum absolute atomic E-state index is 0.0126. The Bertz CT molecular complexity index is 367. The second-order valence-corrected chi connectivity index (χ2v) is 5.00. The van der Waals surface area contributed by atoms with Gasteiger partial charge in [-0.15, -0.1) is 0 Å². The molecule has 1 saturated heterocycles. The van der Waals surface area contributed by atoms with E-state index in [2.05, 4.69) is 5.32 Å². The number of rotatable bonds is 2. The first-order valence-corrected chi connectivity index (χ1v) is 6.06. The molecule has 1 aliphatic heterocycles. The van der Waals surface area contributed by atoms with Crippen LogP contribution < -0.4 is 5.32 Å². The monoisotopic (exact) mass is 238 g/mol. The number of amides is 3. The lowest BCUT2D eigenvalue weighted by atomic mass is 9.74. The Morgan fingerprint density at radius 1 is 1.29 bits per heavy atom. The number of likely N-dealkylation sites (tertiary alicyclic amines) is 1. The van der Waals surface area contributed by atoms with Crippen molar-refractivity contribution >= 4 is 17.7 Å². The number of hydrogen-bond acceptors (Lipinski definition) is 3. The molecule has 0 aromatic rings. The summed E-state index contributed by atoms with van der Waals surface area (Å²) in [5.74, 6) is -0.178. The number of imide groups is 1. The molecule has 1 heterocycles. The van der Waals surface area contributed by atoms with Crippen LogP contribution in [0.3, 0.4) is 0 Å². The zero-order chi connectivity index (χ0) is 12.6. The third kappa shape index (κ3) is 2.06. The molecular weight excluding hydrogens is 220 g/mol. The first kappa shape index (κ1) is 12.1. The minimum atomic E-state index is -0.184. The van der Waals surface area contributed by atoms with Crippen LogP contribution in [0.4, 0.5) is 0 Å². The zero-order valence-electron chi connectivity index (χ0n) is 10.2. The van der Waals surface area contributed by atoms with Crippen LogP contribution in [0, 0.1) is 17.8 Å². The first-order valence-electron chi connectivity index (χ1n) is 6.06. The average molecular weight is 238 g/mol. The van der Waals surface area contributed by atoms with Gasteiger partial charge in [-0.05, 0) is 25.2 Å². The molecule has 0 radical (unpaired) electrons. The lowest BCUT2D eigenvalue weighted by Gasteiger charge is -2.28. The van der Waals surface area contributed by atoms with Crippen molar-refractivity contribution in [2.75, 3.05) is 14.1 Å². The van der Waals surface area contributed by atoms with Gasteiger partial charge in [0.25, 0.3) is 0 Å². The van der Waals surface area contributed by atoms with E-state index >= 15 is 0 Å². The summed E-state index contributed by atoms with van der Waals surface area (Å²) in [5.41, 5.74) is 0. The van der Waals surface area contributed by atoms with Crippen molar-refractivity contribution in [2.24, 2.45) is 17.8 Å². The van der Waals surface area contributed by atoms with Crippen LogP contribution in [0.25, 0.3) is 0 Å². The summed E-state index contributed by atoms with van der Waals surface area (Å²) in [7, 11) is 3.17. The number of hydrogen-bond donors (Lipinski definition) is 1. The Kier molecular flexibility index (Phi) is 3.17. The maximum Gasteiger partial charge on any atom is 0.232 e. The number of nitrogens with one attached hydrogen (secondary N) is 1. The standard InChI is InChI=1S/C12H18N2O3/c1-13-10(15)6-7-3-4-8-9(5-7)12(17)14(2)11(8)16/h7-9H,3-6H2,1-2H3,(H,13,15). The third-order valence-electron chi connectivity index (χ3n) is 4.01. The van der Waals surface area contributed by atoms with E-state index in [-0.39, 0.29) is 35.5 Å². The summed E-state index contributed by atoms with van der Waals surface area (Å²) in [4.78, 5) is 36.2. The Morgan fingerprint density at radius 2 is 1.94 bits per heavy atom. The van der Waals surface area contributed by atoms with E-state index < -0.39 is 0 Å². The number of fused-ring (bicyclic) bond motifs is 1. The summed E-state index contributed by atoms with van der Waals surface area (Å²) in [6.45, 7) is 0. The van der Waals surface area contributed by atoms with Crippen LogP contribution in [0.15, 0.2) is 0 Å². The summed E-state index contributed by atoms with van der Waals surface area (Å²) < 4.78 is 0. The molecule has 0 bridgehead atoms. The van der Waals surface area contributed by atoms with Crippen LogP contribution in [-0.4, -0.2) is 36.7 Å². The maximum atomic E-state index is 11.9. The van der Waals surface area contributed by atoms with Crippen molar-refractivity contribution in [3.8, 4) is 0 Å². The van der Waals surface area contributed by atoms with Gasteiger partial charge in [0.2, 0.25) is 17.7 Å². The number of carbonyl (C=O) groups is 3. The average Bonchev–Trinajstić information content (AvgIpc) is 2.54. The molecule has 2 aliphatic rings. The summed E-state index contributed by atoms with van der Waals surface area (Å²) in [5, 5.41) is 2.60. The molecule has 2 fully saturated rings. The quantitative estimate of drug-likeness (QED) is 0.697. The van der Waals surface area contributed by atoms with Crippen molar-refractivity contribution < 1.29 is 14.4 Å². The maximum absolute atomic E-state index is 11.9. The van der Waals surface area contributed by atoms with Gasteiger partial charge in [-0.2, -0.15) is 0 Å². The molecule has 94 valence electrons. The summed E-state index contributed by atoms with van der Waals surface area (Å²) >= 11 is 0. The highest BCUT2D eigenvalue weighted by molar-refractivity contribution is 6.04. The van der Waals surface area contributed by atoms with Gasteiger partial charge in [-0.25, -0.2) is 0 Å². The van der Waals surface area contributed by atoms with E-state index in [9.17, 15) is 14.4 Å². The molecule has 2 rings (SSSR count). The molecule has 0 aromatic heterocycles. The van der Waals surface area contributed by atoms with Gasteiger partial charge in [0, 0.05) is 20.5 Å². The lowest BCUT2D eigenvalue weighted by Crippen LogP contribution is -2.30. The molecule has 3 amide bonds. The predicted octanol–water partition coefficient (Wildman–Crippen LogP) is 0.154. The normalized spacial score (nSPS) is 32.6. The lowest BCUT2D eigenvalue weighted by molar-refractivity contribution is -0.138. The van der Waals surface area contributed by atoms with Gasteiger partial charge in [-0.1, -0.05) is 0 Å². The van der Waals surface area contributed by atoms with Crippen molar-refractivity contribution in [1.82, 2.24) is 10.2 Å². The smallest absolute Gasteiger partial charge is 0.232 e. The van der Waals surface area contributed by atoms with Crippen LogP contribution >= 0.6 is 0 Å². The van der Waals surface area contributed by atoms with Crippen LogP contribution in [0.5, 0.6) is 0 Å². The first-order chi connectivity index (χ1) is 8.04. The second kappa shape index (κ2) is 4.47. The molecule has 0 spiro atoms. The molecule has 3 atom stereocenters. The Hall–Kier alpha value is -1.39. The van der Waals surface area contributed by atoms with Gasteiger partial charge in [0.1, 0.15) is 0 Å². The Morgan fingerprint density at radius 3 is 2.59 bits per heavy atom. The largest absolute Gasteiger partial charge is 0.359 e. The molecule has 17 heavy (non-hydrogen) atoms. The Balaban J connectivity index is 2.02. The minimum Gasteiger partial charge on any atom is -0.359 e.